The number of hydrogen-bond acceptors (Lipinski definition) is 5. The number of nitrogens with zero attached hydrogens (tertiary/aromatic N) is 2. The molecule has 0 unspecified atom stereocenters. The van der Waals surface area contributed by atoms with Crippen molar-refractivity contribution in [1.82, 2.24) is 4.31 Å². The van der Waals surface area contributed by atoms with E-state index in [9.17, 15) is 13.2 Å². The molecule has 0 atom stereocenters. The highest BCUT2D eigenvalue weighted by molar-refractivity contribution is 7.89. The summed E-state index contributed by atoms with van der Waals surface area (Å²) in [5, 5.41) is 2.64. The molecule has 3 rings (SSSR count). The van der Waals surface area contributed by atoms with Crippen LogP contribution in [-0.2, 0) is 14.8 Å². The van der Waals surface area contributed by atoms with Crippen molar-refractivity contribution in [3.8, 4) is 5.75 Å². The minimum atomic E-state index is -3.55. The zero-order valence-corrected chi connectivity index (χ0v) is 16.9. The SMILES string of the molecule is CCOc1ccc(N2CCN(S(=O)(=O)c3ccc(NC(C)=O)cc3)CC2)cc1. The van der Waals surface area contributed by atoms with Crippen molar-refractivity contribution in [3.63, 3.8) is 0 Å². The predicted molar refractivity (Wildman–Crippen MR) is 109 cm³/mol. The number of carbonyl (C=O) groups is 1. The van der Waals surface area contributed by atoms with Crippen LogP contribution in [0.5, 0.6) is 5.75 Å². The smallest absolute Gasteiger partial charge is 0.243 e. The second-order valence-corrected chi connectivity index (χ2v) is 8.46. The molecule has 0 bridgehead atoms. The minimum absolute atomic E-state index is 0.194. The van der Waals surface area contributed by atoms with Crippen LogP contribution in [-0.4, -0.2) is 51.4 Å². The fourth-order valence-electron chi connectivity index (χ4n) is 3.17. The molecule has 1 amide bonds. The summed E-state index contributed by atoms with van der Waals surface area (Å²) in [7, 11) is -3.55. The number of carbonyl (C=O) groups excluding carboxylic acids is 1. The van der Waals surface area contributed by atoms with E-state index in [-0.39, 0.29) is 10.8 Å². The number of piperazine rings is 1. The maximum absolute atomic E-state index is 12.9. The molecule has 1 fully saturated rings. The highest BCUT2D eigenvalue weighted by Gasteiger charge is 2.28. The van der Waals surface area contributed by atoms with Gasteiger partial charge in [-0.05, 0) is 55.5 Å². The molecule has 7 nitrogen and oxygen atoms in total. The van der Waals surface area contributed by atoms with Gasteiger partial charge in [0.15, 0.2) is 0 Å². The van der Waals surface area contributed by atoms with Gasteiger partial charge >= 0.3 is 0 Å². The first-order chi connectivity index (χ1) is 13.4. The van der Waals surface area contributed by atoms with Crippen LogP contribution in [0.25, 0.3) is 0 Å². The van der Waals surface area contributed by atoms with E-state index in [0.717, 1.165) is 11.4 Å². The first-order valence-corrected chi connectivity index (χ1v) is 10.7. The Kier molecular flexibility index (Phi) is 6.21. The van der Waals surface area contributed by atoms with E-state index in [1.807, 2.05) is 31.2 Å². The molecule has 0 aliphatic carbocycles. The van der Waals surface area contributed by atoms with Crippen LogP contribution in [0, 0.1) is 0 Å². The summed E-state index contributed by atoms with van der Waals surface area (Å²) < 4.78 is 32.7. The third-order valence-electron chi connectivity index (χ3n) is 4.56. The molecule has 0 saturated carbocycles. The fraction of sp³-hybridized carbons (Fsp3) is 0.350. The Morgan fingerprint density at radius 1 is 1.00 bits per heavy atom. The first kappa shape index (κ1) is 20.2. The van der Waals surface area contributed by atoms with E-state index in [4.69, 9.17) is 4.74 Å². The number of amides is 1. The van der Waals surface area contributed by atoms with Gasteiger partial charge in [0.1, 0.15) is 5.75 Å². The van der Waals surface area contributed by atoms with E-state index >= 15 is 0 Å². The second-order valence-electron chi connectivity index (χ2n) is 6.52. The number of benzene rings is 2. The van der Waals surface area contributed by atoms with Gasteiger partial charge in [-0.1, -0.05) is 0 Å². The summed E-state index contributed by atoms with van der Waals surface area (Å²) in [5.41, 5.74) is 1.63. The molecule has 0 spiro atoms. The van der Waals surface area contributed by atoms with E-state index in [2.05, 4.69) is 10.2 Å². The van der Waals surface area contributed by atoms with E-state index < -0.39 is 10.0 Å². The lowest BCUT2D eigenvalue weighted by Crippen LogP contribution is -2.48. The van der Waals surface area contributed by atoms with E-state index in [0.29, 0.717) is 38.5 Å². The monoisotopic (exact) mass is 403 g/mol. The molecule has 0 radical (unpaired) electrons. The van der Waals surface area contributed by atoms with Crippen LogP contribution in [0.15, 0.2) is 53.4 Å². The van der Waals surface area contributed by atoms with E-state index in [1.165, 1.54) is 23.4 Å². The molecule has 1 saturated heterocycles. The zero-order valence-electron chi connectivity index (χ0n) is 16.1. The molecule has 1 N–H and O–H groups in total. The Bertz CT molecular complexity index is 903. The van der Waals surface area contributed by atoms with E-state index in [1.54, 1.807) is 12.1 Å². The van der Waals surface area contributed by atoms with Crippen LogP contribution >= 0.6 is 0 Å². The van der Waals surface area contributed by atoms with Gasteiger partial charge in [0, 0.05) is 44.5 Å². The Morgan fingerprint density at radius 2 is 1.61 bits per heavy atom. The topological polar surface area (TPSA) is 79.0 Å². The van der Waals surface area contributed by atoms with Crippen LogP contribution in [0.2, 0.25) is 0 Å². The van der Waals surface area contributed by atoms with Crippen molar-refractivity contribution < 1.29 is 17.9 Å². The minimum Gasteiger partial charge on any atom is -0.494 e. The molecule has 0 aromatic heterocycles. The quantitative estimate of drug-likeness (QED) is 0.802. The summed E-state index contributed by atoms with van der Waals surface area (Å²) in [5.74, 6) is 0.635. The number of sulfonamides is 1. The van der Waals surface area contributed by atoms with Gasteiger partial charge in [-0.2, -0.15) is 4.31 Å². The average Bonchev–Trinajstić information content (AvgIpc) is 2.69. The maximum Gasteiger partial charge on any atom is 0.243 e. The molecular weight excluding hydrogens is 378 g/mol. The molecule has 1 aliphatic heterocycles. The van der Waals surface area contributed by atoms with Crippen molar-refractivity contribution in [3.05, 3.63) is 48.5 Å². The highest BCUT2D eigenvalue weighted by Crippen LogP contribution is 2.24. The van der Waals surface area contributed by atoms with Gasteiger partial charge in [0.25, 0.3) is 0 Å². The normalized spacial score (nSPS) is 15.3. The molecule has 2 aromatic rings. The number of nitrogens with one attached hydrogen (secondary N) is 1. The lowest BCUT2D eigenvalue weighted by molar-refractivity contribution is -0.114. The number of anilines is 2. The van der Waals surface area contributed by atoms with Crippen LogP contribution in [0.3, 0.4) is 0 Å². The average molecular weight is 404 g/mol. The maximum atomic E-state index is 12.9. The van der Waals surface area contributed by atoms with Crippen molar-refractivity contribution in [2.45, 2.75) is 18.7 Å². The number of hydrogen-bond donors (Lipinski definition) is 1. The lowest BCUT2D eigenvalue weighted by atomic mass is 10.2. The lowest BCUT2D eigenvalue weighted by Gasteiger charge is -2.35. The third-order valence-corrected chi connectivity index (χ3v) is 6.48. The second kappa shape index (κ2) is 8.62. The van der Waals surface area contributed by atoms with Gasteiger partial charge in [-0.15, -0.1) is 0 Å². The third kappa shape index (κ3) is 4.63. The zero-order chi connectivity index (χ0) is 20.1. The molecular formula is C20H25N3O4S. The van der Waals surface area contributed by atoms with Crippen molar-refractivity contribution in [1.29, 1.82) is 0 Å². The van der Waals surface area contributed by atoms with Crippen molar-refractivity contribution in [2.75, 3.05) is 43.0 Å². The summed E-state index contributed by atoms with van der Waals surface area (Å²) in [6.07, 6.45) is 0. The van der Waals surface area contributed by atoms with Gasteiger partial charge in [-0.3, -0.25) is 4.79 Å². The van der Waals surface area contributed by atoms with Crippen molar-refractivity contribution in [2.24, 2.45) is 0 Å². The predicted octanol–water partition coefficient (Wildman–Crippen LogP) is 2.55. The molecule has 1 heterocycles. The Labute approximate surface area is 166 Å². The summed E-state index contributed by atoms with van der Waals surface area (Å²) in [6.45, 7) is 6.07. The van der Waals surface area contributed by atoms with Crippen LogP contribution in [0.4, 0.5) is 11.4 Å². The van der Waals surface area contributed by atoms with Gasteiger partial charge < -0.3 is 15.0 Å². The van der Waals surface area contributed by atoms with Gasteiger partial charge in [0.05, 0.1) is 11.5 Å². The number of rotatable bonds is 6. The number of ether oxygens (including phenoxy) is 1. The molecule has 2 aromatic carbocycles. The Hall–Kier alpha value is -2.58. The van der Waals surface area contributed by atoms with Gasteiger partial charge in [0.2, 0.25) is 15.9 Å². The highest BCUT2D eigenvalue weighted by atomic mass is 32.2. The van der Waals surface area contributed by atoms with Crippen molar-refractivity contribution >= 4 is 27.3 Å². The standard InChI is InChI=1S/C20H25N3O4S/c1-3-27-19-8-6-18(7-9-19)22-12-14-23(15-13-22)28(25,26)20-10-4-17(5-11-20)21-16(2)24/h4-11H,3,12-15H2,1-2H3,(H,21,24). The Morgan fingerprint density at radius 3 is 2.14 bits per heavy atom. The molecule has 150 valence electrons. The first-order valence-electron chi connectivity index (χ1n) is 9.26. The fourth-order valence-corrected chi connectivity index (χ4v) is 4.59. The summed E-state index contributed by atoms with van der Waals surface area (Å²) >= 11 is 0. The summed E-state index contributed by atoms with van der Waals surface area (Å²) in [6, 6.07) is 14.1. The largest absolute Gasteiger partial charge is 0.494 e. The van der Waals surface area contributed by atoms with Crippen LogP contribution in [0.1, 0.15) is 13.8 Å². The molecule has 28 heavy (non-hydrogen) atoms. The van der Waals surface area contributed by atoms with Gasteiger partial charge in [-0.25, -0.2) is 8.42 Å². The molecule has 1 aliphatic rings. The Balaban J connectivity index is 1.63. The van der Waals surface area contributed by atoms with Crippen LogP contribution < -0.4 is 15.0 Å². The molecule has 8 heteroatoms. The summed E-state index contributed by atoms with van der Waals surface area (Å²) in [4.78, 5) is 13.5.